The molecule has 2 aromatic carbocycles. The van der Waals surface area contributed by atoms with E-state index in [2.05, 4.69) is 5.32 Å². The Hall–Kier alpha value is -1.68. The fourth-order valence-electron chi connectivity index (χ4n) is 1.72. The van der Waals surface area contributed by atoms with Gasteiger partial charge in [-0.05, 0) is 36.8 Å². The predicted octanol–water partition coefficient (Wildman–Crippen LogP) is 4.68. The molecule has 0 amide bonds. The number of nitrogens with one attached hydrogen (secondary N) is 1. The standard InChI is InChI=1S/C14H11ClF3N/c1-8-4-10(15)2-3-14(8)19-7-9-5-12(17)13(18)6-11(9)16/h2-6,19H,7H2,1H3. The van der Waals surface area contributed by atoms with E-state index in [4.69, 9.17) is 11.6 Å². The first kappa shape index (κ1) is 13.7. The van der Waals surface area contributed by atoms with Crippen molar-refractivity contribution in [3.63, 3.8) is 0 Å². The molecule has 1 nitrogen and oxygen atoms in total. The maximum absolute atomic E-state index is 13.4. The molecule has 1 N–H and O–H groups in total. The van der Waals surface area contributed by atoms with Gasteiger partial charge in [-0.15, -0.1) is 0 Å². The van der Waals surface area contributed by atoms with E-state index in [0.29, 0.717) is 11.1 Å². The molecule has 0 unspecified atom stereocenters. The molecule has 0 spiro atoms. The lowest BCUT2D eigenvalue weighted by molar-refractivity contribution is 0.490. The smallest absolute Gasteiger partial charge is 0.161 e. The van der Waals surface area contributed by atoms with E-state index < -0.39 is 17.5 Å². The Morgan fingerprint density at radius 2 is 1.68 bits per heavy atom. The molecule has 0 radical (unpaired) electrons. The Kier molecular flexibility index (Phi) is 4.00. The number of halogens is 4. The summed E-state index contributed by atoms with van der Waals surface area (Å²) in [6.07, 6.45) is 0. The average molecular weight is 286 g/mol. The predicted molar refractivity (Wildman–Crippen MR) is 69.8 cm³/mol. The molecule has 0 fully saturated rings. The quantitative estimate of drug-likeness (QED) is 0.808. The van der Waals surface area contributed by atoms with Crippen molar-refractivity contribution < 1.29 is 13.2 Å². The molecule has 0 saturated heterocycles. The van der Waals surface area contributed by atoms with E-state index in [1.165, 1.54) is 0 Å². The number of rotatable bonds is 3. The molecule has 100 valence electrons. The minimum absolute atomic E-state index is 0.0610. The van der Waals surface area contributed by atoms with Gasteiger partial charge < -0.3 is 5.32 Å². The van der Waals surface area contributed by atoms with Crippen molar-refractivity contribution in [3.05, 3.63) is 63.9 Å². The highest BCUT2D eigenvalue weighted by Crippen LogP contribution is 2.21. The van der Waals surface area contributed by atoms with Crippen LogP contribution in [-0.2, 0) is 6.54 Å². The van der Waals surface area contributed by atoms with Gasteiger partial charge in [0, 0.05) is 28.9 Å². The third kappa shape index (κ3) is 3.20. The van der Waals surface area contributed by atoms with Gasteiger partial charge in [-0.1, -0.05) is 11.6 Å². The minimum Gasteiger partial charge on any atom is -0.381 e. The summed E-state index contributed by atoms with van der Waals surface area (Å²) in [5.74, 6) is -3.03. The summed E-state index contributed by atoms with van der Waals surface area (Å²) in [5, 5.41) is 3.56. The summed E-state index contributed by atoms with van der Waals surface area (Å²) in [6.45, 7) is 1.90. The van der Waals surface area contributed by atoms with Gasteiger partial charge in [0.25, 0.3) is 0 Å². The maximum atomic E-state index is 13.4. The highest BCUT2D eigenvalue weighted by Gasteiger charge is 2.09. The molecule has 0 bridgehead atoms. The van der Waals surface area contributed by atoms with Crippen LogP contribution in [0.15, 0.2) is 30.3 Å². The van der Waals surface area contributed by atoms with Crippen molar-refractivity contribution in [2.45, 2.75) is 13.5 Å². The molecule has 5 heteroatoms. The fraction of sp³-hybridized carbons (Fsp3) is 0.143. The lowest BCUT2D eigenvalue weighted by Crippen LogP contribution is -2.04. The van der Waals surface area contributed by atoms with E-state index in [1.54, 1.807) is 18.2 Å². The first-order valence-electron chi connectivity index (χ1n) is 5.61. The van der Waals surface area contributed by atoms with Crippen LogP contribution in [0.3, 0.4) is 0 Å². The molecular formula is C14H11ClF3N. The van der Waals surface area contributed by atoms with Crippen molar-refractivity contribution in [3.8, 4) is 0 Å². The Morgan fingerprint density at radius 1 is 1.00 bits per heavy atom. The lowest BCUT2D eigenvalue weighted by Gasteiger charge is -2.10. The zero-order valence-electron chi connectivity index (χ0n) is 10.1. The SMILES string of the molecule is Cc1cc(Cl)ccc1NCc1cc(F)c(F)cc1F. The summed E-state index contributed by atoms with van der Waals surface area (Å²) in [7, 11) is 0. The van der Waals surface area contributed by atoms with E-state index in [-0.39, 0.29) is 12.1 Å². The maximum Gasteiger partial charge on any atom is 0.161 e. The molecule has 2 rings (SSSR count). The monoisotopic (exact) mass is 285 g/mol. The number of benzene rings is 2. The van der Waals surface area contributed by atoms with Crippen molar-refractivity contribution >= 4 is 17.3 Å². The molecule has 0 aliphatic carbocycles. The van der Waals surface area contributed by atoms with Crippen LogP contribution in [0.25, 0.3) is 0 Å². The van der Waals surface area contributed by atoms with Crippen molar-refractivity contribution in [1.29, 1.82) is 0 Å². The van der Waals surface area contributed by atoms with Crippen molar-refractivity contribution in [1.82, 2.24) is 0 Å². The third-order valence-corrected chi connectivity index (χ3v) is 2.98. The van der Waals surface area contributed by atoms with Gasteiger partial charge in [-0.3, -0.25) is 0 Å². The molecule has 0 aliphatic heterocycles. The van der Waals surface area contributed by atoms with Crippen LogP contribution in [0.2, 0.25) is 5.02 Å². The average Bonchev–Trinajstić information content (AvgIpc) is 2.34. The zero-order chi connectivity index (χ0) is 14.0. The Labute approximate surface area is 114 Å². The number of anilines is 1. The highest BCUT2D eigenvalue weighted by molar-refractivity contribution is 6.30. The molecular weight excluding hydrogens is 275 g/mol. The van der Waals surface area contributed by atoms with E-state index in [9.17, 15) is 13.2 Å². The van der Waals surface area contributed by atoms with Crippen molar-refractivity contribution in [2.24, 2.45) is 0 Å². The summed E-state index contributed by atoms with van der Waals surface area (Å²) in [5.41, 5.74) is 1.71. The van der Waals surface area contributed by atoms with Gasteiger partial charge in [0.15, 0.2) is 11.6 Å². The van der Waals surface area contributed by atoms with Crippen molar-refractivity contribution in [2.75, 3.05) is 5.32 Å². The van der Waals surface area contributed by atoms with E-state index >= 15 is 0 Å². The second-order valence-electron chi connectivity index (χ2n) is 4.17. The summed E-state index contributed by atoms with van der Waals surface area (Å²) in [6, 6.07) is 6.59. The first-order chi connectivity index (χ1) is 8.97. The minimum atomic E-state index is -1.19. The molecule has 0 atom stereocenters. The normalized spacial score (nSPS) is 10.6. The lowest BCUT2D eigenvalue weighted by atomic mass is 10.1. The topological polar surface area (TPSA) is 12.0 Å². The van der Waals surface area contributed by atoms with Gasteiger partial charge >= 0.3 is 0 Å². The van der Waals surface area contributed by atoms with Crippen LogP contribution in [0.5, 0.6) is 0 Å². The van der Waals surface area contributed by atoms with Gasteiger partial charge in [0.2, 0.25) is 0 Å². The number of aryl methyl sites for hydroxylation is 1. The third-order valence-electron chi connectivity index (χ3n) is 2.75. The zero-order valence-corrected chi connectivity index (χ0v) is 10.9. The molecule has 0 aromatic heterocycles. The summed E-state index contributed by atoms with van der Waals surface area (Å²) < 4.78 is 39.2. The van der Waals surface area contributed by atoms with Crippen LogP contribution in [0, 0.1) is 24.4 Å². The molecule has 0 aliphatic rings. The molecule has 0 saturated carbocycles. The first-order valence-corrected chi connectivity index (χ1v) is 5.98. The molecule has 0 heterocycles. The number of hydrogen-bond acceptors (Lipinski definition) is 1. The fourth-order valence-corrected chi connectivity index (χ4v) is 1.94. The van der Waals surface area contributed by atoms with Gasteiger partial charge in [0.05, 0.1) is 0 Å². The molecule has 2 aromatic rings. The Balaban J connectivity index is 2.16. The second-order valence-corrected chi connectivity index (χ2v) is 4.61. The van der Waals surface area contributed by atoms with Gasteiger partial charge in [-0.25, -0.2) is 13.2 Å². The van der Waals surface area contributed by atoms with Crippen LogP contribution in [-0.4, -0.2) is 0 Å². The highest BCUT2D eigenvalue weighted by atomic mass is 35.5. The second kappa shape index (κ2) is 5.53. The van der Waals surface area contributed by atoms with Gasteiger partial charge in [0.1, 0.15) is 5.82 Å². The van der Waals surface area contributed by atoms with E-state index in [1.807, 2.05) is 6.92 Å². The van der Waals surface area contributed by atoms with Crippen LogP contribution >= 0.6 is 11.6 Å². The van der Waals surface area contributed by atoms with Gasteiger partial charge in [-0.2, -0.15) is 0 Å². The summed E-state index contributed by atoms with van der Waals surface area (Å²) in [4.78, 5) is 0. The van der Waals surface area contributed by atoms with Crippen LogP contribution in [0.4, 0.5) is 18.9 Å². The number of hydrogen-bond donors (Lipinski definition) is 1. The molecule has 19 heavy (non-hydrogen) atoms. The van der Waals surface area contributed by atoms with E-state index in [0.717, 1.165) is 17.3 Å². The Morgan fingerprint density at radius 3 is 2.37 bits per heavy atom. The van der Waals surface area contributed by atoms with Crippen LogP contribution < -0.4 is 5.32 Å². The van der Waals surface area contributed by atoms with Crippen LogP contribution in [0.1, 0.15) is 11.1 Å². The Bertz CT molecular complexity index is 614. The summed E-state index contributed by atoms with van der Waals surface area (Å²) >= 11 is 5.82. The largest absolute Gasteiger partial charge is 0.381 e.